The third-order valence-corrected chi connectivity index (χ3v) is 4.88. The maximum absolute atomic E-state index is 14.2. The first kappa shape index (κ1) is 16.2. The first-order chi connectivity index (χ1) is 10.0. The highest BCUT2D eigenvalue weighted by atomic mass is 19.1. The number of hydrogen-bond donors (Lipinski definition) is 1. The predicted octanol–water partition coefficient (Wildman–Crippen LogP) is 3.19. The van der Waals surface area contributed by atoms with E-state index < -0.39 is 0 Å². The maximum atomic E-state index is 14.2. The van der Waals surface area contributed by atoms with Crippen LogP contribution in [0.15, 0.2) is 18.2 Å². The topological polar surface area (TPSA) is 24.5 Å². The molecule has 0 bridgehead atoms. The second kappa shape index (κ2) is 6.75. The lowest BCUT2D eigenvalue weighted by Crippen LogP contribution is -2.63. The molecule has 0 saturated carbocycles. The van der Waals surface area contributed by atoms with E-state index in [1.165, 1.54) is 6.07 Å². The Morgan fingerprint density at radius 1 is 1.38 bits per heavy atom. The molecule has 1 heterocycles. The summed E-state index contributed by atoms with van der Waals surface area (Å²) in [5, 5.41) is 3.57. The minimum atomic E-state index is -0.179. The summed E-state index contributed by atoms with van der Waals surface area (Å²) in [6.45, 7) is 9.21. The molecule has 0 aliphatic carbocycles. The van der Waals surface area contributed by atoms with Crippen molar-refractivity contribution in [2.45, 2.75) is 51.7 Å². The van der Waals surface area contributed by atoms with E-state index in [2.05, 4.69) is 31.0 Å². The van der Waals surface area contributed by atoms with Crippen LogP contribution in [-0.4, -0.2) is 36.7 Å². The van der Waals surface area contributed by atoms with Gasteiger partial charge in [-0.2, -0.15) is 0 Å². The van der Waals surface area contributed by atoms with Crippen LogP contribution in [0.25, 0.3) is 0 Å². The molecule has 118 valence electrons. The number of methoxy groups -OCH3 is 1. The lowest BCUT2D eigenvalue weighted by Gasteiger charge is -2.49. The van der Waals surface area contributed by atoms with Crippen molar-refractivity contribution in [1.29, 1.82) is 0 Å². The molecule has 3 nitrogen and oxygen atoms in total. The second-order valence-corrected chi connectivity index (χ2v) is 6.05. The largest absolute Gasteiger partial charge is 0.497 e. The van der Waals surface area contributed by atoms with Gasteiger partial charge in [-0.15, -0.1) is 0 Å². The normalized spacial score (nSPS) is 22.2. The van der Waals surface area contributed by atoms with Crippen molar-refractivity contribution in [3.8, 4) is 5.75 Å². The van der Waals surface area contributed by atoms with Crippen LogP contribution < -0.4 is 10.1 Å². The fourth-order valence-electron chi connectivity index (χ4n) is 3.23. The van der Waals surface area contributed by atoms with E-state index >= 15 is 0 Å². The monoisotopic (exact) mass is 294 g/mol. The number of benzene rings is 1. The van der Waals surface area contributed by atoms with Gasteiger partial charge in [0.1, 0.15) is 11.6 Å². The average Bonchev–Trinajstić information content (AvgIpc) is 2.50. The Bertz CT molecular complexity index is 474. The number of hydrogen-bond acceptors (Lipinski definition) is 3. The van der Waals surface area contributed by atoms with E-state index in [0.29, 0.717) is 18.3 Å². The van der Waals surface area contributed by atoms with Crippen LogP contribution in [0.5, 0.6) is 5.75 Å². The van der Waals surface area contributed by atoms with Crippen LogP contribution in [0.3, 0.4) is 0 Å². The number of nitrogens with one attached hydrogen (secondary N) is 1. The number of halogens is 1. The molecule has 1 unspecified atom stereocenters. The van der Waals surface area contributed by atoms with Gasteiger partial charge < -0.3 is 10.1 Å². The van der Waals surface area contributed by atoms with Gasteiger partial charge in [0.05, 0.1) is 7.11 Å². The number of rotatable bonds is 5. The highest BCUT2D eigenvalue weighted by molar-refractivity contribution is 5.29. The third kappa shape index (κ3) is 3.38. The van der Waals surface area contributed by atoms with Gasteiger partial charge in [-0.25, -0.2) is 4.39 Å². The summed E-state index contributed by atoms with van der Waals surface area (Å²) in [6, 6.07) is 5.60. The Kier molecular flexibility index (Phi) is 5.22. The summed E-state index contributed by atoms with van der Waals surface area (Å²) in [5.41, 5.74) is 0.870. The minimum Gasteiger partial charge on any atom is -0.497 e. The van der Waals surface area contributed by atoms with E-state index in [-0.39, 0.29) is 11.4 Å². The van der Waals surface area contributed by atoms with Crippen molar-refractivity contribution in [2.24, 2.45) is 0 Å². The molecule has 2 rings (SSSR count). The van der Waals surface area contributed by atoms with E-state index in [1.807, 2.05) is 12.1 Å². The van der Waals surface area contributed by atoms with Crippen LogP contribution in [0.1, 0.15) is 39.2 Å². The van der Waals surface area contributed by atoms with Gasteiger partial charge in [0.15, 0.2) is 0 Å². The van der Waals surface area contributed by atoms with E-state index in [0.717, 1.165) is 31.5 Å². The molecule has 1 atom stereocenters. The van der Waals surface area contributed by atoms with Crippen LogP contribution in [0.4, 0.5) is 4.39 Å². The van der Waals surface area contributed by atoms with Gasteiger partial charge >= 0.3 is 0 Å². The van der Waals surface area contributed by atoms with Crippen LogP contribution in [0.2, 0.25) is 0 Å². The molecule has 0 radical (unpaired) electrons. The van der Waals surface area contributed by atoms with Crippen molar-refractivity contribution in [2.75, 3.05) is 20.2 Å². The zero-order chi connectivity index (χ0) is 15.5. The molecule has 1 aromatic rings. The van der Waals surface area contributed by atoms with Crippen molar-refractivity contribution in [3.05, 3.63) is 29.6 Å². The smallest absolute Gasteiger partial charge is 0.131 e. The molecule has 1 saturated heterocycles. The van der Waals surface area contributed by atoms with Gasteiger partial charge in [0.25, 0.3) is 0 Å². The summed E-state index contributed by atoms with van der Waals surface area (Å²) >= 11 is 0. The molecule has 0 amide bonds. The fraction of sp³-hybridized carbons (Fsp3) is 0.647. The van der Waals surface area contributed by atoms with Gasteiger partial charge in [-0.3, -0.25) is 4.90 Å². The quantitative estimate of drug-likeness (QED) is 0.902. The third-order valence-electron chi connectivity index (χ3n) is 4.88. The Morgan fingerprint density at radius 2 is 2.10 bits per heavy atom. The van der Waals surface area contributed by atoms with Gasteiger partial charge in [0.2, 0.25) is 0 Å². The molecular formula is C17H27FN2O. The summed E-state index contributed by atoms with van der Waals surface area (Å²) < 4.78 is 19.3. The highest BCUT2D eigenvalue weighted by Gasteiger charge is 2.37. The first-order valence-electron chi connectivity index (χ1n) is 7.85. The maximum Gasteiger partial charge on any atom is 0.131 e. The molecular weight excluding hydrogens is 267 g/mol. The van der Waals surface area contributed by atoms with E-state index in [1.54, 1.807) is 7.11 Å². The number of ether oxygens (including phenoxy) is 1. The Labute approximate surface area is 127 Å². The lowest BCUT2D eigenvalue weighted by atomic mass is 9.87. The van der Waals surface area contributed by atoms with Gasteiger partial charge in [0, 0.05) is 42.8 Å². The lowest BCUT2D eigenvalue weighted by molar-refractivity contribution is 0.0270. The summed E-state index contributed by atoms with van der Waals surface area (Å²) in [5.74, 6) is 0.392. The molecule has 1 fully saturated rings. The van der Waals surface area contributed by atoms with Crippen molar-refractivity contribution in [1.82, 2.24) is 10.2 Å². The van der Waals surface area contributed by atoms with Gasteiger partial charge in [-0.1, -0.05) is 19.9 Å². The molecule has 1 aliphatic heterocycles. The van der Waals surface area contributed by atoms with Crippen LogP contribution in [0, 0.1) is 5.82 Å². The second-order valence-electron chi connectivity index (χ2n) is 6.05. The Morgan fingerprint density at radius 3 is 2.67 bits per heavy atom. The zero-order valence-corrected chi connectivity index (χ0v) is 13.6. The van der Waals surface area contributed by atoms with Crippen molar-refractivity contribution < 1.29 is 9.13 Å². The van der Waals surface area contributed by atoms with E-state index in [9.17, 15) is 4.39 Å². The molecule has 1 aliphatic rings. The Hall–Kier alpha value is -1.13. The first-order valence-corrected chi connectivity index (χ1v) is 7.85. The summed E-state index contributed by atoms with van der Waals surface area (Å²) in [4.78, 5) is 2.44. The fourth-order valence-corrected chi connectivity index (χ4v) is 3.23. The van der Waals surface area contributed by atoms with Crippen molar-refractivity contribution in [3.63, 3.8) is 0 Å². The van der Waals surface area contributed by atoms with E-state index in [4.69, 9.17) is 4.74 Å². The summed E-state index contributed by atoms with van der Waals surface area (Å²) in [6.07, 6.45) is 2.14. The van der Waals surface area contributed by atoms with Crippen molar-refractivity contribution >= 4 is 0 Å². The molecule has 1 N–H and O–H groups in total. The number of nitrogens with zero attached hydrogens (tertiary/aromatic N) is 1. The zero-order valence-electron chi connectivity index (χ0n) is 13.6. The number of piperazine rings is 1. The molecule has 4 heteroatoms. The minimum absolute atomic E-state index is 0.124. The van der Waals surface area contributed by atoms with Gasteiger partial charge in [-0.05, 0) is 25.8 Å². The van der Waals surface area contributed by atoms with Crippen LogP contribution in [-0.2, 0) is 6.54 Å². The molecule has 1 aromatic carbocycles. The average molecular weight is 294 g/mol. The van der Waals surface area contributed by atoms with Crippen LogP contribution >= 0.6 is 0 Å². The standard InChI is InChI=1S/C17H27FN2O/c1-5-17(6-2)12-19-13(3)10-20(17)11-14-7-8-15(21-4)9-16(14)18/h7-9,13,19H,5-6,10-12H2,1-4H3. The predicted molar refractivity (Wildman–Crippen MR) is 84.1 cm³/mol. The molecule has 0 aromatic heterocycles. The SMILES string of the molecule is CCC1(CC)CNC(C)CN1Cc1ccc(OC)cc1F. The highest BCUT2D eigenvalue weighted by Crippen LogP contribution is 2.29. The molecule has 21 heavy (non-hydrogen) atoms. The summed E-state index contributed by atoms with van der Waals surface area (Å²) in [7, 11) is 1.56. The Balaban J connectivity index is 2.22. The molecule has 0 spiro atoms.